The highest BCUT2D eigenvalue weighted by atomic mass is 35.5. The van der Waals surface area contributed by atoms with Gasteiger partial charge >= 0.3 is 0 Å². The van der Waals surface area contributed by atoms with E-state index in [-0.39, 0.29) is 17.6 Å². The van der Waals surface area contributed by atoms with Crippen molar-refractivity contribution < 1.29 is 19.4 Å². The molecule has 1 aliphatic carbocycles. The zero-order valence-electron chi connectivity index (χ0n) is 19.1. The number of phenols is 1. The number of methoxy groups -OCH3 is 1. The molecule has 3 atom stereocenters. The molecule has 0 aromatic heterocycles. The number of hydrogen-bond donors (Lipinski definition) is 1. The Kier molecular flexibility index (Phi) is 5.73. The van der Waals surface area contributed by atoms with Crippen LogP contribution in [0.5, 0.6) is 11.5 Å². The normalized spacial score (nSPS) is 23.6. The number of rotatable bonds is 5. The number of hydrogen-bond acceptors (Lipinski definition) is 4. The number of imide groups is 1. The van der Waals surface area contributed by atoms with E-state index < -0.39 is 17.3 Å². The predicted molar refractivity (Wildman–Crippen MR) is 136 cm³/mol. The lowest BCUT2D eigenvalue weighted by Crippen LogP contribution is -2.48. The molecule has 1 heterocycles. The zero-order chi connectivity index (χ0) is 24.7. The third-order valence-electron chi connectivity index (χ3n) is 7.11. The number of ether oxygens (including phenoxy) is 1. The Balaban J connectivity index is 1.86. The van der Waals surface area contributed by atoms with Gasteiger partial charge in [0, 0.05) is 16.5 Å². The third-order valence-corrected chi connectivity index (χ3v) is 7.34. The van der Waals surface area contributed by atoms with Crippen LogP contribution in [0.3, 0.4) is 0 Å². The fourth-order valence-corrected chi connectivity index (χ4v) is 5.88. The number of carbonyl (C=O) groups excluding carboxylic acids is 2. The van der Waals surface area contributed by atoms with Gasteiger partial charge in [-0.15, -0.1) is 0 Å². The first-order chi connectivity index (χ1) is 16.9. The van der Waals surface area contributed by atoms with Crippen LogP contribution in [-0.2, 0) is 15.0 Å². The summed E-state index contributed by atoms with van der Waals surface area (Å²) in [7, 11) is 1.52. The number of phenolic OH excluding ortho intramolecular Hbond substituents is 1. The maximum Gasteiger partial charge on any atom is 0.246 e. The number of halogens is 1. The average Bonchev–Trinajstić information content (AvgIpc) is 3.11. The van der Waals surface area contributed by atoms with Gasteiger partial charge in [-0.2, -0.15) is 0 Å². The first-order valence-electron chi connectivity index (χ1n) is 11.3. The largest absolute Gasteiger partial charge is 0.508 e. The smallest absolute Gasteiger partial charge is 0.246 e. The summed E-state index contributed by atoms with van der Waals surface area (Å²) in [4.78, 5) is 29.8. The minimum atomic E-state index is -1.33. The molecule has 1 aliphatic heterocycles. The van der Waals surface area contributed by atoms with Gasteiger partial charge in [0.1, 0.15) is 11.5 Å². The molecule has 1 N–H and O–H groups in total. The molecule has 2 aliphatic rings. The van der Waals surface area contributed by atoms with Gasteiger partial charge in [0.2, 0.25) is 11.8 Å². The molecule has 5 rings (SSSR count). The van der Waals surface area contributed by atoms with Gasteiger partial charge < -0.3 is 9.84 Å². The minimum Gasteiger partial charge on any atom is -0.508 e. The summed E-state index contributed by atoms with van der Waals surface area (Å²) in [6, 6.07) is 21.0. The molecule has 3 aromatic carbocycles. The number of anilines is 1. The second-order valence-electron chi connectivity index (χ2n) is 8.72. The third kappa shape index (κ3) is 3.30. The minimum absolute atomic E-state index is 0.0143. The van der Waals surface area contributed by atoms with E-state index in [1.54, 1.807) is 48.5 Å². The van der Waals surface area contributed by atoms with E-state index in [1.807, 2.05) is 36.4 Å². The van der Waals surface area contributed by atoms with Crippen LogP contribution in [-0.4, -0.2) is 24.0 Å². The molecule has 0 saturated carbocycles. The van der Waals surface area contributed by atoms with E-state index in [9.17, 15) is 14.7 Å². The fraction of sp³-hybridized carbons (Fsp3) is 0.172. The molecule has 3 aromatic rings. The number of nitrogens with zero attached hydrogens (tertiary/aromatic N) is 1. The van der Waals surface area contributed by atoms with Gasteiger partial charge in [0.15, 0.2) is 0 Å². The van der Waals surface area contributed by atoms with Crippen molar-refractivity contribution >= 4 is 29.1 Å². The van der Waals surface area contributed by atoms with E-state index in [2.05, 4.69) is 6.58 Å². The number of aromatic hydroxyl groups is 1. The van der Waals surface area contributed by atoms with Crippen molar-refractivity contribution in [2.75, 3.05) is 12.0 Å². The maximum absolute atomic E-state index is 14.6. The van der Waals surface area contributed by atoms with Crippen LogP contribution in [0.15, 0.2) is 97.1 Å². The molecule has 2 amide bonds. The lowest BCUT2D eigenvalue weighted by molar-refractivity contribution is -0.123. The molecule has 6 heteroatoms. The van der Waals surface area contributed by atoms with Crippen LogP contribution in [0.2, 0.25) is 5.02 Å². The quantitative estimate of drug-likeness (QED) is 0.465. The number of allylic oxidation sites excluding steroid dienone is 3. The number of benzene rings is 3. The highest BCUT2D eigenvalue weighted by Crippen LogP contribution is 2.60. The second-order valence-corrected chi connectivity index (χ2v) is 9.15. The van der Waals surface area contributed by atoms with Crippen LogP contribution < -0.4 is 9.64 Å². The highest BCUT2D eigenvalue weighted by Gasteiger charge is 2.66. The molecule has 1 saturated heterocycles. The molecule has 35 heavy (non-hydrogen) atoms. The van der Waals surface area contributed by atoms with Crippen LogP contribution >= 0.6 is 11.6 Å². The van der Waals surface area contributed by atoms with E-state index in [0.717, 1.165) is 5.57 Å². The summed E-state index contributed by atoms with van der Waals surface area (Å²) in [6.07, 6.45) is 3.98. The monoisotopic (exact) mass is 485 g/mol. The average molecular weight is 486 g/mol. The number of fused-ring (bicyclic) bond motifs is 1. The Hall–Kier alpha value is -3.83. The Morgan fingerprint density at radius 2 is 1.83 bits per heavy atom. The first-order valence-corrected chi connectivity index (χ1v) is 11.7. The Bertz CT molecular complexity index is 1370. The lowest BCUT2D eigenvalue weighted by atomic mass is 9.55. The van der Waals surface area contributed by atoms with E-state index >= 15 is 0 Å². The van der Waals surface area contributed by atoms with Crippen molar-refractivity contribution in [3.8, 4) is 11.5 Å². The van der Waals surface area contributed by atoms with Crippen LogP contribution in [0.4, 0.5) is 5.69 Å². The Morgan fingerprint density at radius 3 is 2.51 bits per heavy atom. The first kappa shape index (κ1) is 22.9. The SMILES string of the molecule is C=CC1=CCC2C(=O)N(c3cccc(Cl)c3)C(=O)C2(c2ccccc2)C1c1c(O)cccc1OC. The van der Waals surface area contributed by atoms with E-state index in [0.29, 0.717) is 34.0 Å². The zero-order valence-corrected chi connectivity index (χ0v) is 19.9. The van der Waals surface area contributed by atoms with Crippen molar-refractivity contribution in [3.05, 3.63) is 113 Å². The number of amides is 2. The molecular formula is C29H24ClNO4. The van der Waals surface area contributed by atoms with Gasteiger partial charge in [-0.1, -0.05) is 72.8 Å². The van der Waals surface area contributed by atoms with Gasteiger partial charge in [-0.05, 0) is 47.9 Å². The van der Waals surface area contributed by atoms with Crippen LogP contribution in [0.1, 0.15) is 23.5 Å². The molecule has 5 nitrogen and oxygen atoms in total. The summed E-state index contributed by atoms with van der Waals surface area (Å²) in [5.74, 6) is -1.67. The second kappa shape index (κ2) is 8.75. The summed E-state index contributed by atoms with van der Waals surface area (Å²) < 4.78 is 5.64. The van der Waals surface area contributed by atoms with Crippen molar-refractivity contribution in [1.29, 1.82) is 0 Å². The fourth-order valence-electron chi connectivity index (χ4n) is 5.69. The maximum atomic E-state index is 14.6. The van der Waals surface area contributed by atoms with Gasteiger partial charge in [0.05, 0.1) is 24.1 Å². The molecule has 0 radical (unpaired) electrons. The predicted octanol–water partition coefficient (Wildman–Crippen LogP) is 5.78. The van der Waals surface area contributed by atoms with Crippen molar-refractivity contribution in [3.63, 3.8) is 0 Å². The lowest BCUT2D eigenvalue weighted by Gasteiger charge is -2.43. The standard InChI is InChI=1S/C29H24ClNO4/c1-3-18-15-16-22-27(33)31(21-12-7-11-20(30)17-21)28(34)29(22,19-9-5-4-6-10-19)26(18)25-23(32)13-8-14-24(25)35-2/h3-15,17,22,26,32H,1,16H2,2H3. The topological polar surface area (TPSA) is 66.8 Å². The molecule has 1 fully saturated rings. The molecule has 176 valence electrons. The summed E-state index contributed by atoms with van der Waals surface area (Å²) >= 11 is 6.23. The molecular weight excluding hydrogens is 462 g/mol. The van der Waals surface area contributed by atoms with Crippen molar-refractivity contribution in [1.82, 2.24) is 0 Å². The van der Waals surface area contributed by atoms with E-state index in [4.69, 9.17) is 16.3 Å². The summed E-state index contributed by atoms with van der Waals surface area (Å²) in [6.45, 7) is 4.00. The van der Waals surface area contributed by atoms with E-state index in [1.165, 1.54) is 12.0 Å². The van der Waals surface area contributed by atoms with Crippen LogP contribution in [0.25, 0.3) is 0 Å². The Morgan fingerprint density at radius 1 is 1.09 bits per heavy atom. The molecule has 0 bridgehead atoms. The summed E-state index contributed by atoms with van der Waals surface area (Å²) in [5, 5.41) is 11.5. The number of carbonyl (C=O) groups is 2. The van der Waals surface area contributed by atoms with Crippen molar-refractivity contribution in [2.45, 2.75) is 17.8 Å². The molecule has 3 unspecified atom stereocenters. The van der Waals surface area contributed by atoms with Crippen LogP contribution in [0, 0.1) is 5.92 Å². The highest BCUT2D eigenvalue weighted by molar-refractivity contribution is 6.32. The van der Waals surface area contributed by atoms with Crippen molar-refractivity contribution in [2.24, 2.45) is 5.92 Å². The van der Waals surface area contributed by atoms with Gasteiger partial charge in [-0.25, -0.2) is 4.90 Å². The summed E-state index contributed by atoms with van der Waals surface area (Å²) in [5.41, 5.74) is 0.976. The Labute approximate surface area is 208 Å². The van der Waals surface area contributed by atoms with Gasteiger partial charge in [0.25, 0.3) is 0 Å². The van der Waals surface area contributed by atoms with Gasteiger partial charge in [-0.3, -0.25) is 9.59 Å². The molecule has 0 spiro atoms.